The van der Waals surface area contributed by atoms with Crippen LogP contribution >= 0.6 is 0 Å². The van der Waals surface area contributed by atoms with Gasteiger partial charge in [-0.15, -0.1) is 0 Å². The van der Waals surface area contributed by atoms with E-state index in [4.69, 9.17) is 4.42 Å². The van der Waals surface area contributed by atoms with Gasteiger partial charge in [0.05, 0.1) is 12.5 Å². The maximum absolute atomic E-state index is 5.42. The van der Waals surface area contributed by atoms with E-state index in [1.807, 2.05) is 18.3 Å². The third kappa shape index (κ3) is 4.58. The van der Waals surface area contributed by atoms with Crippen LogP contribution in [0.2, 0.25) is 0 Å². The number of furan rings is 1. The summed E-state index contributed by atoms with van der Waals surface area (Å²) in [4.78, 5) is 2.54. The van der Waals surface area contributed by atoms with Gasteiger partial charge in [-0.2, -0.15) is 5.10 Å². The third-order valence-corrected chi connectivity index (χ3v) is 5.39. The van der Waals surface area contributed by atoms with Crippen LogP contribution in [0.4, 0.5) is 0 Å². The van der Waals surface area contributed by atoms with Gasteiger partial charge in [0.15, 0.2) is 0 Å². The fraction of sp³-hybridized carbons (Fsp3) is 0.348. The molecule has 1 fully saturated rings. The Balaban J connectivity index is 1.34. The molecule has 27 heavy (non-hydrogen) atoms. The highest BCUT2D eigenvalue weighted by Crippen LogP contribution is 2.30. The Morgan fingerprint density at radius 1 is 1.19 bits per heavy atom. The number of aromatic nitrogens is 2. The Kier molecular flexibility index (Phi) is 5.54. The van der Waals surface area contributed by atoms with E-state index in [9.17, 15) is 0 Å². The molecule has 0 spiro atoms. The quantitative estimate of drug-likeness (QED) is 0.681. The average Bonchev–Trinajstić information content (AvgIpc) is 3.35. The molecule has 4 heteroatoms. The second-order valence-corrected chi connectivity index (χ2v) is 7.53. The van der Waals surface area contributed by atoms with Gasteiger partial charge in [-0.25, -0.2) is 0 Å². The van der Waals surface area contributed by atoms with Gasteiger partial charge in [0.2, 0.25) is 0 Å². The van der Waals surface area contributed by atoms with E-state index in [1.54, 1.807) is 6.26 Å². The van der Waals surface area contributed by atoms with Crippen molar-refractivity contribution in [3.8, 4) is 0 Å². The first kappa shape index (κ1) is 17.8. The second kappa shape index (κ2) is 8.40. The summed E-state index contributed by atoms with van der Waals surface area (Å²) in [5, 5.41) is 7.63. The Morgan fingerprint density at radius 2 is 2.00 bits per heavy atom. The van der Waals surface area contributed by atoms with Crippen molar-refractivity contribution in [1.82, 2.24) is 15.1 Å². The van der Waals surface area contributed by atoms with Crippen LogP contribution in [-0.2, 0) is 6.42 Å². The molecule has 3 heterocycles. The third-order valence-electron chi connectivity index (χ3n) is 5.39. The molecule has 0 unspecified atom stereocenters. The number of benzene rings is 1. The number of nitrogens with one attached hydrogen (secondary N) is 1. The molecule has 0 radical (unpaired) electrons. The molecule has 140 valence electrons. The monoisotopic (exact) mass is 361 g/mol. The number of aromatic amines is 1. The van der Waals surface area contributed by atoms with Crippen molar-refractivity contribution in [3.63, 3.8) is 0 Å². The zero-order valence-corrected chi connectivity index (χ0v) is 15.9. The van der Waals surface area contributed by atoms with Crippen molar-refractivity contribution in [2.45, 2.75) is 32.1 Å². The molecule has 3 aromatic rings. The number of hydrogen-bond acceptors (Lipinski definition) is 3. The largest absolute Gasteiger partial charge is 0.465 e. The Bertz CT molecular complexity index is 856. The van der Waals surface area contributed by atoms with E-state index in [0.717, 1.165) is 31.8 Å². The number of likely N-dealkylation sites (tertiary alicyclic amines) is 1. The van der Waals surface area contributed by atoms with Crippen molar-refractivity contribution < 1.29 is 4.42 Å². The van der Waals surface area contributed by atoms with Gasteiger partial charge < -0.3 is 4.42 Å². The van der Waals surface area contributed by atoms with E-state index in [0.29, 0.717) is 5.92 Å². The molecule has 0 aliphatic carbocycles. The number of hydrogen-bond donors (Lipinski definition) is 1. The maximum atomic E-state index is 5.42. The molecule has 0 bridgehead atoms. The lowest BCUT2D eigenvalue weighted by molar-refractivity contribution is 0.226. The standard InChI is InChI=1S/C23H27N3O/c1-18(14-22-8-5-13-27-22)17-26-11-9-20(10-12-26)23-21(16-24-25-23)15-19-6-3-2-4-7-19/h2-8,13-14,16,20H,9-12,15,17H2,1H3,(H,24,25). The molecule has 1 aromatic carbocycles. The lowest BCUT2D eigenvalue weighted by Crippen LogP contribution is -2.34. The van der Waals surface area contributed by atoms with E-state index in [1.165, 1.54) is 35.2 Å². The Labute approximate surface area is 160 Å². The highest BCUT2D eigenvalue weighted by atomic mass is 16.3. The van der Waals surface area contributed by atoms with Crippen LogP contribution in [0.25, 0.3) is 6.08 Å². The lowest BCUT2D eigenvalue weighted by Gasteiger charge is -2.32. The summed E-state index contributed by atoms with van der Waals surface area (Å²) in [5.41, 5.74) is 5.36. The first-order chi connectivity index (χ1) is 13.3. The van der Waals surface area contributed by atoms with Crippen molar-refractivity contribution in [2.75, 3.05) is 19.6 Å². The number of nitrogens with zero attached hydrogens (tertiary/aromatic N) is 2. The summed E-state index contributed by atoms with van der Waals surface area (Å²) in [6.45, 7) is 5.43. The first-order valence-electron chi connectivity index (χ1n) is 9.77. The molecular weight excluding hydrogens is 334 g/mol. The molecule has 1 aliphatic heterocycles. The van der Waals surface area contributed by atoms with Gasteiger partial charge in [-0.3, -0.25) is 10.00 Å². The highest BCUT2D eigenvalue weighted by molar-refractivity contribution is 5.46. The molecule has 4 rings (SSSR count). The van der Waals surface area contributed by atoms with Crippen molar-refractivity contribution in [2.24, 2.45) is 0 Å². The van der Waals surface area contributed by atoms with Crippen LogP contribution in [0, 0.1) is 0 Å². The zero-order chi connectivity index (χ0) is 18.5. The SMILES string of the molecule is CC(=Cc1ccco1)CN1CCC(c2[nH]ncc2Cc2ccccc2)CC1. The normalized spacial score (nSPS) is 16.7. The second-order valence-electron chi connectivity index (χ2n) is 7.53. The summed E-state index contributed by atoms with van der Waals surface area (Å²) in [6, 6.07) is 14.6. The predicted molar refractivity (Wildman–Crippen MR) is 109 cm³/mol. The minimum atomic E-state index is 0.580. The topological polar surface area (TPSA) is 45.1 Å². The van der Waals surface area contributed by atoms with Crippen LogP contribution in [0.15, 0.2) is 64.9 Å². The highest BCUT2D eigenvalue weighted by Gasteiger charge is 2.24. The van der Waals surface area contributed by atoms with Gasteiger partial charge in [0.1, 0.15) is 5.76 Å². The average molecular weight is 361 g/mol. The van der Waals surface area contributed by atoms with Gasteiger partial charge >= 0.3 is 0 Å². The molecule has 0 amide bonds. The molecule has 4 nitrogen and oxygen atoms in total. The fourth-order valence-corrected chi connectivity index (χ4v) is 4.03. The molecule has 1 saturated heterocycles. The lowest BCUT2D eigenvalue weighted by atomic mass is 9.89. The summed E-state index contributed by atoms with van der Waals surface area (Å²) < 4.78 is 5.42. The molecule has 2 aromatic heterocycles. The molecule has 0 atom stereocenters. The van der Waals surface area contributed by atoms with Crippen molar-refractivity contribution >= 4 is 6.08 Å². The zero-order valence-electron chi connectivity index (χ0n) is 15.9. The van der Waals surface area contributed by atoms with Crippen molar-refractivity contribution in [1.29, 1.82) is 0 Å². The molecule has 1 N–H and O–H groups in total. The van der Waals surface area contributed by atoms with E-state index in [-0.39, 0.29) is 0 Å². The van der Waals surface area contributed by atoms with Crippen molar-refractivity contribution in [3.05, 3.63) is 83.1 Å². The van der Waals surface area contributed by atoms with Gasteiger partial charge in [0, 0.05) is 24.6 Å². The van der Waals surface area contributed by atoms with Gasteiger partial charge in [-0.05, 0) is 62.2 Å². The number of rotatable bonds is 6. The maximum Gasteiger partial charge on any atom is 0.126 e. The van der Waals surface area contributed by atoms with Crippen LogP contribution < -0.4 is 0 Å². The smallest absolute Gasteiger partial charge is 0.126 e. The molecular formula is C23H27N3O. The van der Waals surface area contributed by atoms with E-state index >= 15 is 0 Å². The van der Waals surface area contributed by atoms with Crippen LogP contribution in [-0.4, -0.2) is 34.7 Å². The number of H-pyrrole nitrogens is 1. The van der Waals surface area contributed by atoms with Crippen LogP contribution in [0.3, 0.4) is 0 Å². The summed E-state index contributed by atoms with van der Waals surface area (Å²) in [7, 11) is 0. The van der Waals surface area contributed by atoms with Gasteiger partial charge in [0.25, 0.3) is 0 Å². The first-order valence-corrected chi connectivity index (χ1v) is 9.77. The van der Waals surface area contributed by atoms with Gasteiger partial charge in [-0.1, -0.05) is 35.9 Å². The summed E-state index contributed by atoms with van der Waals surface area (Å²) in [6.07, 6.45) is 9.18. The predicted octanol–water partition coefficient (Wildman–Crippen LogP) is 4.88. The van der Waals surface area contributed by atoms with E-state index < -0.39 is 0 Å². The summed E-state index contributed by atoms with van der Waals surface area (Å²) >= 11 is 0. The van der Waals surface area contributed by atoms with Crippen LogP contribution in [0.1, 0.15) is 48.3 Å². The van der Waals surface area contributed by atoms with Crippen LogP contribution in [0.5, 0.6) is 0 Å². The fourth-order valence-electron chi connectivity index (χ4n) is 4.03. The number of piperidine rings is 1. The Morgan fingerprint density at radius 3 is 2.74 bits per heavy atom. The minimum Gasteiger partial charge on any atom is -0.465 e. The molecule has 1 aliphatic rings. The molecule has 0 saturated carbocycles. The minimum absolute atomic E-state index is 0.580. The van der Waals surface area contributed by atoms with E-state index in [2.05, 4.69) is 58.4 Å². The Hall–Kier alpha value is -2.59. The summed E-state index contributed by atoms with van der Waals surface area (Å²) in [5.74, 6) is 1.52.